The Morgan fingerprint density at radius 3 is 2.58 bits per heavy atom. The van der Waals surface area contributed by atoms with E-state index in [1.54, 1.807) is 7.11 Å². The van der Waals surface area contributed by atoms with Gasteiger partial charge in [0.2, 0.25) is 5.91 Å². The number of hydrogen-bond acceptors (Lipinski definition) is 4. The third-order valence-corrected chi connectivity index (χ3v) is 3.51. The number of ether oxygens (including phenoxy) is 1. The minimum absolute atomic E-state index is 0.0961. The number of benzene rings is 1. The molecule has 0 aromatic heterocycles. The molecular weight excluding hydrogens is 242 g/mol. The van der Waals surface area contributed by atoms with Crippen LogP contribution in [0.15, 0.2) is 24.3 Å². The van der Waals surface area contributed by atoms with Gasteiger partial charge in [0.1, 0.15) is 6.73 Å². The molecule has 1 aliphatic heterocycles. The molecule has 3 N–H and O–H groups in total. The number of piperidine rings is 1. The van der Waals surface area contributed by atoms with Gasteiger partial charge < -0.3 is 20.7 Å². The number of carbonyl (C=O) groups is 1. The average molecular weight is 263 g/mol. The monoisotopic (exact) mass is 263 g/mol. The predicted octanol–water partition coefficient (Wildman–Crippen LogP) is 1.21. The van der Waals surface area contributed by atoms with E-state index in [4.69, 9.17) is 10.5 Å². The van der Waals surface area contributed by atoms with E-state index in [0.717, 1.165) is 31.6 Å². The van der Waals surface area contributed by atoms with Crippen molar-refractivity contribution < 1.29 is 9.53 Å². The first-order valence-corrected chi connectivity index (χ1v) is 6.58. The second kappa shape index (κ2) is 6.43. The maximum Gasteiger partial charge on any atom is 0.225 e. The summed E-state index contributed by atoms with van der Waals surface area (Å²) in [6, 6.07) is 7.88. The summed E-state index contributed by atoms with van der Waals surface area (Å²) in [4.78, 5) is 14.1. The summed E-state index contributed by atoms with van der Waals surface area (Å²) in [5, 5.41) is 2.77. The van der Waals surface area contributed by atoms with Crippen molar-refractivity contribution in [3.8, 4) is 0 Å². The average Bonchev–Trinajstić information content (AvgIpc) is 2.46. The Labute approximate surface area is 113 Å². The third-order valence-electron chi connectivity index (χ3n) is 3.51. The molecule has 2 rings (SSSR count). The first-order chi connectivity index (χ1) is 9.20. The number of rotatable bonds is 4. The van der Waals surface area contributed by atoms with Gasteiger partial charge in [0.25, 0.3) is 0 Å². The fourth-order valence-electron chi connectivity index (χ4n) is 2.37. The first kappa shape index (κ1) is 13.7. The molecule has 1 heterocycles. The summed E-state index contributed by atoms with van der Waals surface area (Å²) >= 11 is 0. The Balaban J connectivity index is 1.85. The normalized spacial score (nSPS) is 16.4. The molecule has 19 heavy (non-hydrogen) atoms. The van der Waals surface area contributed by atoms with Crippen molar-refractivity contribution in [2.24, 2.45) is 5.92 Å². The number of carbonyl (C=O) groups excluding carboxylic acids is 1. The SMILES string of the molecule is COCNC(=O)C1CCN(c2ccc(N)cc2)CC1. The van der Waals surface area contributed by atoms with E-state index in [9.17, 15) is 4.79 Å². The fourth-order valence-corrected chi connectivity index (χ4v) is 2.37. The minimum Gasteiger partial charge on any atom is -0.399 e. The molecule has 0 atom stereocenters. The molecule has 1 aromatic rings. The number of amides is 1. The maximum atomic E-state index is 11.8. The van der Waals surface area contributed by atoms with Crippen molar-refractivity contribution in [3.05, 3.63) is 24.3 Å². The summed E-state index contributed by atoms with van der Waals surface area (Å²) in [6.07, 6.45) is 1.75. The highest BCUT2D eigenvalue weighted by Crippen LogP contribution is 2.24. The topological polar surface area (TPSA) is 67.6 Å². The summed E-state index contributed by atoms with van der Waals surface area (Å²) in [6.45, 7) is 2.08. The third kappa shape index (κ3) is 3.61. The van der Waals surface area contributed by atoms with Gasteiger partial charge >= 0.3 is 0 Å². The van der Waals surface area contributed by atoms with Gasteiger partial charge in [-0.2, -0.15) is 0 Å². The van der Waals surface area contributed by atoms with Gasteiger partial charge in [-0.1, -0.05) is 0 Å². The molecule has 5 nitrogen and oxygen atoms in total. The highest BCUT2D eigenvalue weighted by molar-refractivity contribution is 5.78. The quantitative estimate of drug-likeness (QED) is 0.633. The second-order valence-corrected chi connectivity index (χ2v) is 4.83. The molecule has 1 aromatic carbocycles. The first-order valence-electron chi connectivity index (χ1n) is 6.58. The molecule has 0 unspecified atom stereocenters. The van der Waals surface area contributed by atoms with Crippen LogP contribution in [0.3, 0.4) is 0 Å². The number of methoxy groups -OCH3 is 1. The lowest BCUT2D eigenvalue weighted by Crippen LogP contribution is -2.41. The van der Waals surface area contributed by atoms with Crippen molar-refractivity contribution in [3.63, 3.8) is 0 Å². The molecule has 0 bridgehead atoms. The van der Waals surface area contributed by atoms with E-state index in [-0.39, 0.29) is 18.6 Å². The lowest BCUT2D eigenvalue weighted by Gasteiger charge is -2.33. The number of nitrogens with one attached hydrogen (secondary N) is 1. The van der Waals surface area contributed by atoms with Gasteiger partial charge in [-0.3, -0.25) is 4.79 Å². The van der Waals surface area contributed by atoms with Crippen LogP contribution in [0.5, 0.6) is 0 Å². The van der Waals surface area contributed by atoms with Crippen molar-refractivity contribution in [2.45, 2.75) is 12.8 Å². The van der Waals surface area contributed by atoms with Crippen molar-refractivity contribution in [1.29, 1.82) is 0 Å². The molecule has 0 radical (unpaired) electrons. The zero-order valence-electron chi connectivity index (χ0n) is 11.3. The van der Waals surface area contributed by atoms with Crippen LogP contribution in [-0.4, -0.2) is 32.8 Å². The Bertz CT molecular complexity index is 411. The summed E-state index contributed by atoms with van der Waals surface area (Å²) in [5.74, 6) is 0.194. The van der Waals surface area contributed by atoms with Gasteiger partial charge in [-0.25, -0.2) is 0 Å². The van der Waals surface area contributed by atoms with E-state index >= 15 is 0 Å². The van der Waals surface area contributed by atoms with Gasteiger partial charge in [0.15, 0.2) is 0 Å². The van der Waals surface area contributed by atoms with Crippen LogP contribution in [0, 0.1) is 5.92 Å². The van der Waals surface area contributed by atoms with E-state index in [2.05, 4.69) is 10.2 Å². The van der Waals surface area contributed by atoms with Gasteiger partial charge in [-0.15, -0.1) is 0 Å². The highest BCUT2D eigenvalue weighted by Gasteiger charge is 2.24. The van der Waals surface area contributed by atoms with Crippen LogP contribution in [0.2, 0.25) is 0 Å². The molecule has 5 heteroatoms. The Morgan fingerprint density at radius 1 is 1.37 bits per heavy atom. The Morgan fingerprint density at radius 2 is 2.00 bits per heavy atom. The molecule has 104 valence electrons. The lowest BCUT2D eigenvalue weighted by atomic mass is 9.95. The highest BCUT2D eigenvalue weighted by atomic mass is 16.5. The molecule has 1 fully saturated rings. The van der Waals surface area contributed by atoms with Crippen LogP contribution in [0.4, 0.5) is 11.4 Å². The molecular formula is C14H21N3O2. The molecule has 1 aliphatic rings. The zero-order valence-corrected chi connectivity index (χ0v) is 11.3. The molecule has 0 spiro atoms. The lowest BCUT2D eigenvalue weighted by molar-refractivity contribution is -0.127. The molecule has 0 aliphatic carbocycles. The van der Waals surface area contributed by atoms with Crippen LogP contribution in [0.1, 0.15) is 12.8 Å². The van der Waals surface area contributed by atoms with Crippen LogP contribution in [-0.2, 0) is 9.53 Å². The van der Waals surface area contributed by atoms with E-state index in [0.29, 0.717) is 0 Å². The standard InChI is InChI=1S/C14H21N3O2/c1-19-10-16-14(18)11-6-8-17(9-7-11)13-4-2-12(15)3-5-13/h2-5,11H,6-10,15H2,1H3,(H,16,18). The summed E-state index contributed by atoms with van der Waals surface area (Å²) in [7, 11) is 1.57. The predicted molar refractivity (Wildman–Crippen MR) is 75.8 cm³/mol. The largest absolute Gasteiger partial charge is 0.399 e. The fraction of sp³-hybridized carbons (Fsp3) is 0.500. The smallest absolute Gasteiger partial charge is 0.225 e. The van der Waals surface area contributed by atoms with E-state index in [1.807, 2.05) is 24.3 Å². The van der Waals surface area contributed by atoms with Crippen LogP contribution >= 0.6 is 0 Å². The van der Waals surface area contributed by atoms with Gasteiger partial charge in [0, 0.05) is 37.5 Å². The summed E-state index contributed by atoms with van der Waals surface area (Å²) < 4.78 is 4.85. The maximum absolute atomic E-state index is 11.8. The molecule has 0 saturated carbocycles. The molecule has 1 saturated heterocycles. The zero-order chi connectivity index (χ0) is 13.7. The van der Waals surface area contributed by atoms with Gasteiger partial charge in [-0.05, 0) is 37.1 Å². The number of nitrogen functional groups attached to an aromatic ring is 1. The number of nitrogens with two attached hydrogens (primary N) is 1. The van der Waals surface area contributed by atoms with Gasteiger partial charge in [0.05, 0.1) is 0 Å². The molecule has 1 amide bonds. The Hall–Kier alpha value is -1.75. The van der Waals surface area contributed by atoms with Crippen LogP contribution < -0.4 is 16.0 Å². The van der Waals surface area contributed by atoms with Crippen LogP contribution in [0.25, 0.3) is 0 Å². The minimum atomic E-state index is 0.0961. The van der Waals surface area contributed by atoms with E-state index in [1.165, 1.54) is 5.69 Å². The van der Waals surface area contributed by atoms with Crippen molar-refractivity contribution >= 4 is 17.3 Å². The van der Waals surface area contributed by atoms with E-state index < -0.39 is 0 Å². The number of anilines is 2. The Kier molecular flexibility index (Phi) is 4.63. The number of hydrogen-bond donors (Lipinski definition) is 2. The van der Waals surface area contributed by atoms with Crippen molar-refractivity contribution in [1.82, 2.24) is 5.32 Å². The van der Waals surface area contributed by atoms with Crippen molar-refractivity contribution in [2.75, 3.05) is 37.6 Å². The summed E-state index contributed by atoms with van der Waals surface area (Å²) in [5.41, 5.74) is 7.63. The second-order valence-electron chi connectivity index (χ2n) is 4.83. The number of nitrogens with zero attached hydrogens (tertiary/aromatic N) is 1.